The maximum atomic E-state index is 11.9. The Balaban J connectivity index is 1.76. The zero-order valence-electron chi connectivity index (χ0n) is 10.5. The van der Waals surface area contributed by atoms with Crippen LogP contribution in [-0.4, -0.2) is 35.0 Å². The lowest BCUT2D eigenvalue weighted by atomic mass is 10.0. The van der Waals surface area contributed by atoms with Gasteiger partial charge in [0, 0.05) is 25.0 Å². The first kappa shape index (κ1) is 11.9. The van der Waals surface area contributed by atoms with E-state index < -0.39 is 0 Å². The number of amides is 1. The summed E-state index contributed by atoms with van der Waals surface area (Å²) in [7, 11) is 0. The lowest BCUT2D eigenvalue weighted by molar-refractivity contribution is -0.122. The molecule has 1 saturated heterocycles. The molecule has 0 aliphatic carbocycles. The van der Waals surface area contributed by atoms with Gasteiger partial charge in [0.2, 0.25) is 5.91 Å². The van der Waals surface area contributed by atoms with Crippen molar-refractivity contribution in [3.05, 3.63) is 42.8 Å². The van der Waals surface area contributed by atoms with Crippen LogP contribution in [0.3, 0.4) is 0 Å². The zero-order chi connectivity index (χ0) is 13.2. The molecule has 2 N–H and O–H groups in total. The number of nitrogens with one attached hydrogen (secondary N) is 2. The fourth-order valence-corrected chi connectivity index (χ4v) is 2.35. The van der Waals surface area contributed by atoms with E-state index in [1.165, 1.54) is 6.33 Å². The van der Waals surface area contributed by atoms with Crippen LogP contribution in [-0.2, 0) is 4.79 Å². The van der Waals surface area contributed by atoms with E-state index in [1.807, 2.05) is 6.20 Å². The fourth-order valence-electron chi connectivity index (χ4n) is 2.35. The molecule has 0 bridgehead atoms. The highest BCUT2D eigenvalue weighted by Crippen LogP contribution is 2.24. The summed E-state index contributed by atoms with van der Waals surface area (Å²) in [6.45, 7) is 5.20. The second kappa shape index (κ2) is 4.81. The molecule has 0 radical (unpaired) electrons. The molecule has 0 saturated carbocycles. The van der Waals surface area contributed by atoms with Crippen molar-refractivity contribution in [1.29, 1.82) is 0 Å². The monoisotopic (exact) mass is 257 g/mol. The zero-order valence-corrected chi connectivity index (χ0v) is 10.5. The third-order valence-corrected chi connectivity index (χ3v) is 3.29. The molecule has 1 aromatic rings. The fraction of sp³-hybridized carbons (Fsp3) is 0.308. The molecule has 1 amide bonds. The van der Waals surface area contributed by atoms with E-state index in [2.05, 4.69) is 32.1 Å². The van der Waals surface area contributed by atoms with Crippen LogP contribution in [0.5, 0.6) is 0 Å². The van der Waals surface area contributed by atoms with Gasteiger partial charge < -0.3 is 10.2 Å². The number of nitrogens with zero attached hydrogens (tertiary/aromatic N) is 3. The second-order valence-corrected chi connectivity index (χ2v) is 4.65. The van der Waals surface area contributed by atoms with E-state index >= 15 is 0 Å². The van der Waals surface area contributed by atoms with Gasteiger partial charge in [-0.3, -0.25) is 10.1 Å². The second-order valence-electron chi connectivity index (χ2n) is 4.65. The van der Waals surface area contributed by atoms with E-state index in [0.29, 0.717) is 12.2 Å². The molecule has 6 heteroatoms. The number of anilines is 1. The third kappa shape index (κ3) is 2.34. The molecule has 0 aromatic carbocycles. The highest BCUT2D eigenvalue weighted by Gasteiger charge is 2.29. The molecule has 0 spiro atoms. The molecule has 3 rings (SSSR count). The molecule has 2 aliphatic heterocycles. The van der Waals surface area contributed by atoms with Gasteiger partial charge in [0.1, 0.15) is 12.4 Å². The van der Waals surface area contributed by atoms with Crippen molar-refractivity contribution in [1.82, 2.24) is 20.6 Å². The Morgan fingerprint density at radius 3 is 2.89 bits per heavy atom. The van der Waals surface area contributed by atoms with Crippen molar-refractivity contribution in [2.75, 3.05) is 18.0 Å². The normalized spacial score (nSPS) is 23.3. The molecular weight excluding hydrogens is 242 g/mol. The maximum Gasteiger partial charge on any atom is 0.245 e. The summed E-state index contributed by atoms with van der Waals surface area (Å²) in [6, 6.07) is -0.264. The predicted molar refractivity (Wildman–Crippen MR) is 71.2 cm³/mol. The van der Waals surface area contributed by atoms with Crippen molar-refractivity contribution in [3.8, 4) is 0 Å². The van der Waals surface area contributed by atoms with Crippen molar-refractivity contribution in [2.24, 2.45) is 0 Å². The van der Waals surface area contributed by atoms with Gasteiger partial charge in [-0.05, 0) is 12.0 Å². The number of carbonyl (C=O) groups excluding carboxylic acids is 1. The minimum Gasteiger partial charge on any atom is -0.345 e. The summed E-state index contributed by atoms with van der Waals surface area (Å²) in [5, 5.41) is 5.98. The molecular formula is C13H15N5O. The van der Waals surface area contributed by atoms with Crippen molar-refractivity contribution in [3.63, 3.8) is 0 Å². The summed E-state index contributed by atoms with van der Waals surface area (Å²) in [5.74, 6) is -0.0336. The van der Waals surface area contributed by atoms with Crippen LogP contribution in [0, 0.1) is 0 Å². The average molecular weight is 257 g/mol. The number of aromatic nitrogens is 2. The first-order valence-corrected chi connectivity index (χ1v) is 6.18. The Hall–Kier alpha value is -2.21. The van der Waals surface area contributed by atoms with E-state index in [1.54, 1.807) is 12.4 Å². The molecule has 98 valence electrons. The Morgan fingerprint density at radius 2 is 2.16 bits per heavy atom. The first-order valence-electron chi connectivity index (χ1n) is 6.18. The van der Waals surface area contributed by atoms with Gasteiger partial charge in [0.05, 0.1) is 18.1 Å². The number of hydrogen-bond donors (Lipinski definition) is 2. The van der Waals surface area contributed by atoms with Crippen LogP contribution in [0.1, 0.15) is 6.42 Å². The van der Waals surface area contributed by atoms with E-state index in [9.17, 15) is 4.79 Å². The molecule has 1 fully saturated rings. The van der Waals surface area contributed by atoms with Crippen LogP contribution < -0.4 is 15.5 Å². The van der Waals surface area contributed by atoms with E-state index in [0.717, 1.165) is 24.2 Å². The smallest absolute Gasteiger partial charge is 0.245 e. The standard InChI is InChI=1S/C13H15N5O/c1-9-4-16-12(13(19)17-9)10-2-3-18(7-10)11-5-14-8-15-6-11/h5-8,12,16H,1-4H2,(H,17,19). The van der Waals surface area contributed by atoms with Gasteiger partial charge >= 0.3 is 0 Å². The topological polar surface area (TPSA) is 70.1 Å². The number of piperazine rings is 1. The van der Waals surface area contributed by atoms with Crippen LogP contribution in [0.2, 0.25) is 0 Å². The maximum absolute atomic E-state index is 11.9. The molecule has 2 aliphatic rings. The summed E-state index contributed by atoms with van der Waals surface area (Å²) in [5.41, 5.74) is 2.74. The lowest BCUT2D eigenvalue weighted by Gasteiger charge is -2.25. The summed E-state index contributed by atoms with van der Waals surface area (Å²) in [4.78, 5) is 22.0. The highest BCUT2D eigenvalue weighted by molar-refractivity contribution is 5.87. The molecule has 6 nitrogen and oxygen atoms in total. The molecule has 19 heavy (non-hydrogen) atoms. The third-order valence-electron chi connectivity index (χ3n) is 3.29. The SMILES string of the molecule is C=C1CNC(C2=CN(c3cncnc3)CC2)C(=O)N1. The van der Waals surface area contributed by atoms with Crippen LogP contribution in [0.15, 0.2) is 42.8 Å². The van der Waals surface area contributed by atoms with Gasteiger partial charge in [-0.15, -0.1) is 0 Å². The Kier molecular flexibility index (Phi) is 3.00. The number of rotatable bonds is 2. The molecule has 1 unspecified atom stereocenters. The van der Waals surface area contributed by atoms with Crippen LogP contribution in [0.25, 0.3) is 0 Å². The number of carbonyl (C=O) groups is 1. The average Bonchev–Trinajstić information content (AvgIpc) is 2.89. The van der Waals surface area contributed by atoms with Gasteiger partial charge in [-0.2, -0.15) is 0 Å². The molecule has 1 atom stereocenters. The van der Waals surface area contributed by atoms with Crippen molar-refractivity contribution in [2.45, 2.75) is 12.5 Å². The molecule has 1 aromatic heterocycles. The van der Waals surface area contributed by atoms with Gasteiger partial charge in [0.15, 0.2) is 0 Å². The summed E-state index contributed by atoms with van der Waals surface area (Å²) in [6.07, 6.45) is 7.90. The lowest BCUT2D eigenvalue weighted by Crippen LogP contribution is -2.52. The highest BCUT2D eigenvalue weighted by atomic mass is 16.2. The Bertz CT molecular complexity index is 539. The van der Waals surface area contributed by atoms with Crippen molar-refractivity contribution >= 4 is 11.6 Å². The van der Waals surface area contributed by atoms with Gasteiger partial charge in [-0.25, -0.2) is 9.97 Å². The minimum absolute atomic E-state index is 0.0336. The van der Waals surface area contributed by atoms with Gasteiger partial charge in [0.25, 0.3) is 0 Å². The Labute approximate surface area is 111 Å². The van der Waals surface area contributed by atoms with Crippen molar-refractivity contribution < 1.29 is 4.79 Å². The van der Waals surface area contributed by atoms with Crippen LogP contribution in [0.4, 0.5) is 5.69 Å². The largest absolute Gasteiger partial charge is 0.345 e. The summed E-state index contributed by atoms with van der Waals surface area (Å²) >= 11 is 0. The first-order chi connectivity index (χ1) is 9.24. The summed E-state index contributed by atoms with van der Waals surface area (Å²) < 4.78 is 0. The van der Waals surface area contributed by atoms with Gasteiger partial charge in [-0.1, -0.05) is 6.58 Å². The van der Waals surface area contributed by atoms with E-state index in [4.69, 9.17) is 0 Å². The Morgan fingerprint density at radius 1 is 1.37 bits per heavy atom. The number of hydrogen-bond acceptors (Lipinski definition) is 5. The minimum atomic E-state index is -0.264. The quantitative estimate of drug-likeness (QED) is 0.790. The van der Waals surface area contributed by atoms with E-state index in [-0.39, 0.29) is 11.9 Å². The van der Waals surface area contributed by atoms with Crippen LogP contribution >= 0.6 is 0 Å². The molecule has 3 heterocycles. The predicted octanol–water partition coefficient (Wildman–Crippen LogP) is 0.172.